The van der Waals surface area contributed by atoms with Gasteiger partial charge in [-0.3, -0.25) is 4.98 Å². The number of halogens is 1. The molecule has 2 heteroatoms. The summed E-state index contributed by atoms with van der Waals surface area (Å²) in [5, 5.41) is 0. The van der Waals surface area contributed by atoms with Crippen molar-refractivity contribution in [3.05, 3.63) is 124 Å². The molecule has 0 aliphatic heterocycles. The first-order valence-electron chi connectivity index (χ1n) is 8.68. The van der Waals surface area contributed by atoms with Gasteiger partial charge in [0.25, 0.3) is 0 Å². The first-order valence-corrected chi connectivity index (χ1v) is 9.47. The molecule has 1 atom stereocenters. The molecule has 1 aliphatic rings. The Bertz CT molecular complexity index is 1050. The molecule has 4 aromatic rings. The van der Waals surface area contributed by atoms with Gasteiger partial charge >= 0.3 is 0 Å². The third-order valence-electron chi connectivity index (χ3n) is 5.31. The summed E-state index contributed by atoms with van der Waals surface area (Å²) in [6, 6.07) is 30.3. The van der Waals surface area contributed by atoms with Crippen LogP contribution in [-0.4, -0.2) is 4.98 Å². The van der Waals surface area contributed by atoms with Crippen molar-refractivity contribution in [3.63, 3.8) is 0 Å². The Kier molecular flexibility index (Phi) is 3.54. The van der Waals surface area contributed by atoms with Gasteiger partial charge in [0.1, 0.15) is 0 Å². The molecule has 5 rings (SSSR count). The Morgan fingerprint density at radius 3 is 2.19 bits per heavy atom. The Labute approximate surface area is 161 Å². The van der Waals surface area contributed by atoms with Crippen LogP contribution in [0.1, 0.15) is 22.3 Å². The molecule has 1 unspecified atom stereocenters. The summed E-state index contributed by atoms with van der Waals surface area (Å²) in [7, 11) is 0. The van der Waals surface area contributed by atoms with E-state index in [4.69, 9.17) is 0 Å². The number of hydrogen-bond donors (Lipinski definition) is 0. The highest BCUT2D eigenvalue weighted by Gasteiger charge is 2.46. The fourth-order valence-corrected chi connectivity index (χ4v) is 4.67. The number of fused-ring (bicyclic) bond motifs is 3. The molecule has 0 saturated carbocycles. The van der Waals surface area contributed by atoms with Gasteiger partial charge in [-0.25, -0.2) is 0 Å². The van der Waals surface area contributed by atoms with Crippen LogP contribution in [0, 0.1) is 0 Å². The highest BCUT2D eigenvalue weighted by molar-refractivity contribution is 9.10. The molecule has 1 heterocycles. The molecule has 1 nitrogen and oxygen atoms in total. The van der Waals surface area contributed by atoms with Crippen LogP contribution in [0.4, 0.5) is 0 Å². The molecular formula is C24H16BrN. The fraction of sp³-hybridized carbons (Fsp3) is 0.0417. The summed E-state index contributed by atoms with van der Waals surface area (Å²) < 4.78 is 1.09. The second-order valence-corrected chi connectivity index (χ2v) is 7.51. The number of pyridine rings is 1. The van der Waals surface area contributed by atoms with Crippen LogP contribution in [0.15, 0.2) is 102 Å². The minimum Gasteiger partial charge on any atom is -0.264 e. The zero-order valence-corrected chi connectivity index (χ0v) is 15.6. The van der Waals surface area contributed by atoms with Crippen molar-refractivity contribution >= 4 is 15.9 Å². The Hall–Kier alpha value is -2.71. The summed E-state index contributed by atoms with van der Waals surface area (Å²) in [5.41, 5.74) is 7.29. The van der Waals surface area contributed by atoms with Gasteiger partial charge in [0, 0.05) is 16.9 Å². The lowest BCUT2D eigenvalue weighted by Gasteiger charge is -2.33. The molecule has 1 aromatic heterocycles. The van der Waals surface area contributed by atoms with Crippen molar-refractivity contribution in [3.8, 4) is 11.1 Å². The number of rotatable bonds is 2. The smallest absolute Gasteiger partial charge is 0.0728 e. The third kappa shape index (κ3) is 2.06. The normalized spacial score (nSPS) is 17.6. The first kappa shape index (κ1) is 15.5. The van der Waals surface area contributed by atoms with E-state index in [0.29, 0.717) is 0 Å². The van der Waals surface area contributed by atoms with Crippen molar-refractivity contribution < 1.29 is 0 Å². The molecule has 0 amide bonds. The van der Waals surface area contributed by atoms with Gasteiger partial charge in [-0.2, -0.15) is 0 Å². The van der Waals surface area contributed by atoms with Crippen molar-refractivity contribution in [2.45, 2.75) is 5.41 Å². The summed E-state index contributed by atoms with van der Waals surface area (Å²) >= 11 is 3.69. The van der Waals surface area contributed by atoms with Gasteiger partial charge in [-0.1, -0.05) is 82.7 Å². The van der Waals surface area contributed by atoms with E-state index in [1.165, 1.54) is 33.4 Å². The van der Waals surface area contributed by atoms with Crippen molar-refractivity contribution in [2.75, 3.05) is 0 Å². The van der Waals surface area contributed by atoms with Crippen molar-refractivity contribution in [2.24, 2.45) is 0 Å². The monoisotopic (exact) mass is 397 g/mol. The van der Waals surface area contributed by atoms with Gasteiger partial charge in [-0.05, 0) is 51.6 Å². The SMILES string of the molecule is Brc1ccc2c(c1)C(c1ccccc1)(c1cccnc1)c1ccccc1-2. The summed E-state index contributed by atoms with van der Waals surface area (Å²) in [5.74, 6) is 0. The van der Waals surface area contributed by atoms with E-state index in [9.17, 15) is 0 Å². The molecule has 0 saturated heterocycles. The van der Waals surface area contributed by atoms with Gasteiger partial charge in [-0.15, -0.1) is 0 Å². The number of hydrogen-bond acceptors (Lipinski definition) is 1. The average molecular weight is 398 g/mol. The van der Waals surface area contributed by atoms with E-state index >= 15 is 0 Å². The Morgan fingerprint density at radius 1 is 0.654 bits per heavy atom. The molecule has 0 N–H and O–H groups in total. The van der Waals surface area contributed by atoms with Gasteiger partial charge < -0.3 is 0 Å². The molecule has 0 radical (unpaired) electrons. The maximum absolute atomic E-state index is 4.46. The Morgan fingerprint density at radius 2 is 1.38 bits per heavy atom. The van der Waals surface area contributed by atoms with Gasteiger partial charge in [0.05, 0.1) is 5.41 Å². The molecule has 0 spiro atoms. The maximum atomic E-state index is 4.46. The molecule has 3 aromatic carbocycles. The summed E-state index contributed by atoms with van der Waals surface area (Å²) in [6.07, 6.45) is 3.84. The zero-order valence-electron chi connectivity index (χ0n) is 14.1. The molecular weight excluding hydrogens is 382 g/mol. The molecule has 1 aliphatic carbocycles. The quantitative estimate of drug-likeness (QED) is 0.345. The van der Waals surface area contributed by atoms with Crippen LogP contribution < -0.4 is 0 Å². The van der Waals surface area contributed by atoms with Crippen LogP contribution in [-0.2, 0) is 5.41 Å². The lowest BCUT2D eigenvalue weighted by Crippen LogP contribution is -2.28. The lowest BCUT2D eigenvalue weighted by atomic mass is 9.68. The van der Waals surface area contributed by atoms with E-state index in [-0.39, 0.29) is 5.41 Å². The maximum Gasteiger partial charge on any atom is 0.0728 e. The average Bonchev–Trinajstić information content (AvgIpc) is 3.00. The van der Waals surface area contributed by atoms with Crippen LogP contribution in [0.5, 0.6) is 0 Å². The van der Waals surface area contributed by atoms with Gasteiger partial charge in [0.2, 0.25) is 0 Å². The Balaban J connectivity index is 1.99. The largest absolute Gasteiger partial charge is 0.264 e. The van der Waals surface area contributed by atoms with E-state index in [2.05, 4.69) is 99.8 Å². The van der Waals surface area contributed by atoms with E-state index < -0.39 is 0 Å². The standard InChI is InChI=1S/C24H16BrN/c25-19-12-13-21-20-10-4-5-11-22(20)24(23(21)15-19,17-7-2-1-3-8-17)18-9-6-14-26-16-18/h1-16H. The van der Waals surface area contributed by atoms with Crippen molar-refractivity contribution in [1.82, 2.24) is 4.98 Å². The van der Waals surface area contributed by atoms with Crippen LogP contribution in [0.2, 0.25) is 0 Å². The summed E-state index contributed by atoms with van der Waals surface area (Å²) in [4.78, 5) is 4.46. The van der Waals surface area contributed by atoms with Crippen LogP contribution in [0.3, 0.4) is 0 Å². The van der Waals surface area contributed by atoms with E-state index in [0.717, 1.165) is 4.47 Å². The summed E-state index contributed by atoms with van der Waals surface area (Å²) in [6.45, 7) is 0. The topological polar surface area (TPSA) is 12.9 Å². The minimum absolute atomic E-state index is 0.356. The first-order chi connectivity index (χ1) is 12.8. The highest BCUT2D eigenvalue weighted by atomic mass is 79.9. The van der Waals surface area contributed by atoms with Crippen LogP contribution in [0.25, 0.3) is 11.1 Å². The molecule has 0 fully saturated rings. The zero-order chi connectivity index (χ0) is 17.6. The second-order valence-electron chi connectivity index (χ2n) is 6.59. The molecule has 26 heavy (non-hydrogen) atoms. The van der Waals surface area contributed by atoms with E-state index in [1.54, 1.807) is 0 Å². The van der Waals surface area contributed by atoms with E-state index in [1.807, 2.05) is 18.5 Å². The molecule has 0 bridgehead atoms. The predicted molar refractivity (Wildman–Crippen MR) is 109 cm³/mol. The van der Waals surface area contributed by atoms with Crippen LogP contribution >= 0.6 is 15.9 Å². The number of aromatic nitrogens is 1. The minimum atomic E-state index is -0.356. The van der Waals surface area contributed by atoms with Crippen molar-refractivity contribution in [1.29, 1.82) is 0 Å². The highest BCUT2D eigenvalue weighted by Crippen LogP contribution is 2.56. The predicted octanol–water partition coefficient (Wildman–Crippen LogP) is 6.21. The van der Waals surface area contributed by atoms with Gasteiger partial charge in [0.15, 0.2) is 0 Å². The second kappa shape index (κ2) is 5.93. The lowest BCUT2D eigenvalue weighted by molar-refractivity contribution is 0.762. The fourth-order valence-electron chi connectivity index (χ4n) is 4.31. The molecule has 124 valence electrons. The number of nitrogens with zero attached hydrogens (tertiary/aromatic N) is 1. The number of benzene rings is 3. The third-order valence-corrected chi connectivity index (χ3v) is 5.80.